The zero-order valence-corrected chi connectivity index (χ0v) is 13.4. The maximum atomic E-state index is 12.3. The molecule has 0 radical (unpaired) electrons. The molecule has 2 rings (SSSR count). The van der Waals surface area contributed by atoms with Crippen molar-refractivity contribution in [2.75, 3.05) is 51.3 Å². The Bertz CT molecular complexity index is 463. The van der Waals surface area contributed by atoms with Gasteiger partial charge < -0.3 is 20.1 Å². The third-order valence-electron chi connectivity index (χ3n) is 3.43. The molecule has 1 heterocycles. The van der Waals surface area contributed by atoms with E-state index in [2.05, 4.69) is 15.5 Å². The van der Waals surface area contributed by atoms with E-state index in [4.69, 9.17) is 9.47 Å². The van der Waals surface area contributed by atoms with Crippen LogP contribution in [0.4, 0.5) is 5.69 Å². The van der Waals surface area contributed by atoms with Gasteiger partial charge in [-0.3, -0.25) is 9.69 Å². The Balaban J connectivity index is 2.06. The van der Waals surface area contributed by atoms with Crippen LogP contribution in [0, 0.1) is 0 Å². The summed E-state index contributed by atoms with van der Waals surface area (Å²) in [7, 11) is 0. The maximum absolute atomic E-state index is 12.3. The lowest BCUT2D eigenvalue weighted by molar-refractivity contribution is -0.117. The highest BCUT2D eigenvalue weighted by molar-refractivity contribution is 5.95. The molecule has 6 heteroatoms. The Morgan fingerprint density at radius 2 is 1.77 bits per heavy atom. The van der Waals surface area contributed by atoms with Crippen LogP contribution in [-0.2, 0) is 4.79 Å². The van der Waals surface area contributed by atoms with Crippen LogP contribution in [0.3, 0.4) is 0 Å². The van der Waals surface area contributed by atoms with Gasteiger partial charge in [0, 0.05) is 26.2 Å². The molecular formula is C16H25N3O3. The predicted molar refractivity (Wildman–Crippen MR) is 86.7 cm³/mol. The van der Waals surface area contributed by atoms with Crippen LogP contribution >= 0.6 is 0 Å². The largest absolute Gasteiger partial charge is 0.492 e. The smallest absolute Gasteiger partial charge is 0.238 e. The number of carbonyl (C=O) groups is 1. The van der Waals surface area contributed by atoms with Crippen LogP contribution < -0.4 is 20.1 Å². The number of piperazine rings is 1. The number of rotatable bonds is 7. The SMILES string of the molecule is CCOc1cccc(OCC)c1NC(=O)CN1CCNCC1. The molecular weight excluding hydrogens is 282 g/mol. The summed E-state index contributed by atoms with van der Waals surface area (Å²) in [4.78, 5) is 14.4. The average Bonchev–Trinajstić information content (AvgIpc) is 2.52. The number of benzene rings is 1. The topological polar surface area (TPSA) is 62.8 Å². The van der Waals surface area contributed by atoms with Crippen molar-refractivity contribution >= 4 is 11.6 Å². The first-order valence-corrected chi connectivity index (χ1v) is 7.86. The van der Waals surface area contributed by atoms with E-state index in [1.165, 1.54) is 0 Å². The molecule has 1 fully saturated rings. The number of nitrogens with one attached hydrogen (secondary N) is 2. The number of hydrogen-bond acceptors (Lipinski definition) is 5. The Hall–Kier alpha value is -1.79. The summed E-state index contributed by atoms with van der Waals surface area (Å²) in [5, 5.41) is 6.22. The van der Waals surface area contributed by atoms with Crippen LogP contribution in [0.1, 0.15) is 13.8 Å². The number of nitrogens with zero attached hydrogens (tertiary/aromatic N) is 1. The number of amides is 1. The number of hydrogen-bond donors (Lipinski definition) is 2. The van der Waals surface area contributed by atoms with Gasteiger partial charge in [-0.1, -0.05) is 6.07 Å². The van der Waals surface area contributed by atoms with Crippen molar-refractivity contribution in [3.63, 3.8) is 0 Å². The third-order valence-corrected chi connectivity index (χ3v) is 3.43. The summed E-state index contributed by atoms with van der Waals surface area (Å²) in [6, 6.07) is 5.54. The van der Waals surface area contributed by atoms with Gasteiger partial charge in [0.1, 0.15) is 17.2 Å². The van der Waals surface area contributed by atoms with Crippen molar-refractivity contribution in [2.45, 2.75) is 13.8 Å². The Morgan fingerprint density at radius 3 is 2.32 bits per heavy atom. The lowest BCUT2D eigenvalue weighted by Crippen LogP contribution is -2.46. The van der Waals surface area contributed by atoms with E-state index in [1.807, 2.05) is 32.0 Å². The molecule has 22 heavy (non-hydrogen) atoms. The van der Waals surface area contributed by atoms with Crippen molar-refractivity contribution in [3.8, 4) is 11.5 Å². The molecule has 1 saturated heterocycles. The van der Waals surface area contributed by atoms with Crippen LogP contribution in [-0.4, -0.2) is 56.7 Å². The molecule has 6 nitrogen and oxygen atoms in total. The highest BCUT2D eigenvalue weighted by Gasteiger charge is 2.17. The molecule has 0 bridgehead atoms. The highest BCUT2D eigenvalue weighted by Crippen LogP contribution is 2.34. The molecule has 0 saturated carbocycles. The zero-order valence-electron chi connectivity index (χ0n) is 13.4. The quantitative estimate of drug-likeness (QED) is 0.796. The van der Waals surface area contributed by atoms with Gasteiger partial charge in [0.2, 0.25) is 5.91 Å². The number of para-hydroxylation sites is 1. The molecule has 1 aromatic rings. The van der Waals surface area contributed by atoms with E-state index in [0.717, 1.165) is 26.2 Å². The van der Waals surface area contributed by atoms with Crippen molar-refractivity contribution in [1.29, 1.82) is 0 Å². The molecule has 2 N–H and O–H groups in total. The number of ether oxygens (including phenoxy) is 2. The van der Waals surface area contributed by atoms with E-state index in [1.54, 1.807) is 0 Å². The lowest BCUT2D eigenvalue weighted by atomic mass is 10.2. The van der Waals surface area contributed by atoms with Gasteiger partial charge in [-0.2, -0.15) is 0 Å². The van der Waals surface area contributed by atoms with Gasteiger partial charge >= 0.3 is 0 Å². The second-order valence-electron chi connectivity index (χ2n) is 5.07. The van der Waals surface area contributed by atoms with E-state index >= 15 is 0 Å². The summed E-state index contributed by atoms with van der Waals surface area (Å²) in [5.74, 6) is 1.24. The van der Waals surface area contributed by atoms with Gasteiger partial charge in [-0.05, 0) is 26.0 Å². The predicted octanol–water partition coefficient (Wildman–Crippen LogP) is 1.33. The van der Waals surface area contributed by atoms with Crippen LogP contribution in [0.2, 0.25) is 0 Å². The van der Waals surface area contributed by atoms with Gasteiger partial charge in [0.15, 0.2) is 0 Å². The molecule has 122 valence electrons. The summed E-state index contributed by atoms with van der Waals surface area (Å²) >= 11 is 0. The van der Waals surface area contributed by atoms with Crippen molar-refractivity contribution in [2.24, 2.45) is 0 Å². The molecule has 0 aromatic heterocycles. The summed E-state index contributed by atoms with van der Waals surface area (Å²) < 4.78 is 11.2. The Kier molecular flexibility index (Phi) is 6.48. The van der Waals surface area contributed by atoms with Crippen LogP contribution in [0.25, 0.3) is 0 Å². The van der Waals surface area contributed by atoms with E-state index in [-0.39, 0.29) is 5.91 Å². The summed E-state index contributed by atoms with van der Waals surface area (Å²) in [5.41, 5.74) is 0.617. The standard InChI is InChI=1S/C16H25N3O3/c1-3-21-13-6-5-7-14(22-4-2)16(13)18-15(20)12-19-10-8-17-9-11-19/h5-7,17H,3-4,8-12H2,1-2H3,(H,18,20). The summed E-state index contributed by atoms with van der Waals surface area (Å²) in [6.45, 7) is 8.91. The molecule has 0 atom stereocenters. The van der Waals surface area contributed by atoms with Gasteiger partial charge in [0.05, 0.1) is 19.8 Å². The molecule has 1 aliphatic rings. The van der Waals surface area contributed by atoms with Gasteiger partial charge in [-0.15, -0.1) is 0 Å². The normalized spacial score (nSPS) is 15.4. The van der Waals surface area contributed by atoms with Crippen molar-refractivity contribution < 1.29 is 14.3 Å². The lowest BCUT2D eigenvalue weighted by Gasteiger charge is -2.26. The molecule has 0 spiro atoms. The minimum absolute atomic E-state index is 0.0463. The second kappa shape index (κ2) is 8.60. The van der Waals surface area contributed by atoms with E-state index in [0.29, 0.717) is 36.9 Å². The van der Waals surface area contributed by atoms with Crippen LogP contribution in [0.15, 0.2) is 18.2 Å². The third kappa shape index (κ3) is 4.61. The minimum Gasteiger partial charge on any atom is -0.492 e. The molecule has 0 unspecified atom stereocenters. The summed E-state index contributed by atoms with van der Waals surface area (Å²) in [6.07, 6.45) is 0. The first-order valence-electron chi connectivity index (χ1n) is 7.86. The highest BCUT2D eigenvalue weighted by atomic mass is 16.5. The van der Waals surface area contributed by atoms with Crippen molar-refractivity contribution in [1.82, 2.24) is 10.2 Å². The molecule has 0 aliphatic carbocycles. The molecule has 1 amide bonds. The van der Waals surface area contributed by atoms with E-state index < -0.39 is 0 Å². The maximum Gasteiger partial charge on any atom is 0.238 e. The zero-order chi connectivity index (χ0) is 15.8. The Morgan fingerprint density at radius 1 is 1.18 bits per heavy atom. The fourth-order valence-corrected chi connectivity index (χ4v) is 2.44. The fourth-order valence-electron chi connectivity index (χ4n) is 2.44. The fraction of sp³-hybridized carbons (Fsp3) is 0.562. The first-order chi connectivity index (χ1) is 10.7. The minimum atomic E-state index is -0.0463. The van der Waals surface area contributed by atoms with Crippen LogP contribution in [0.5, 0.6) is 11.5 Å². The van der Waals surface area contributed by atoms with Crippen molar-refractivity contribution in [3.05, 3.63) is 18.2 Å². The average molecular weight is 307 g/mol. The monoisotopic (exact) mass is 307 g/mol. The molecule has 1 aromatic carbocycles. The first kappa shape index (κ1) is 16.6. The number of anilines is 1. The second-order valence-corrected chi connectivity index (χ2v) is 5.07. The number of carbonyl (C=O) groups excluding carboxylic acids is 1. The molecule has 1 aliphatic heterocycles. The van der Waals surface area contributed by atoms with Gasteiger partial charge in [-0.25, -0.2) is 0 Å². The van der Waals surface area contributed by atoms with E-state index in [9.17, 15) is 4.79 Å². The Labute approximate surface area is 131 Å². The van der Waals surface area contributed by atoms with Gasteiger partial charge in [0.25, 0.3) is 0 Å².